The molecule has 2 aromatic heterocycles. The molecule has 0 saturated heterocycles. The molecule has 1 aliphatic carbocycles. The van der Waals surface area contributed by atoms with Gasteiger partial charge in [-0.1, -0.05) is 47.6 Å². The van der Waals surface area contributed by atoms with Gasteiger partial charge in [0.25, 0.3) is 0 Å². The first-order chi connectivity index (χ1) is 17.8. The standard InChI is InChI=1S/C29H31N5O3/c1-18-24(25(32-37-18)20-8-6-5-7-9-20)27-31-30-26-23-16-21(10-11-22(23)17-34(26)27)19-12-14-33(15-13-19)28(35)36-29(2,3)4/h5-10,12,16-17,27,31H,11,13-15H2,1-4H3. The lowest BCUT2D eigenvalue weighted by Gasteiger charge is -2.30. The van der Waals surface area contributed by atoms with E-state index in [0.717, 1.165) is 46.1 Å². The van der Waals surface area contributed by atoms with Crippen molar-refractivity contribution >= 4 is 12.2 Å². The number of fused-ring (bicyclic) bond motifs is 3. The van der Waals surface area contributed by atoms with Crippen LogP contribution in [0.1, 0.15) is 50.2 Å². The van der Waals surface area contributed by atoms with Crippen molar-refractivity contribution in [1.82, 2.24) is 20.0 Å². The number of carbonyl (C=O) groups excluding carboxylic acids is 1. The monoisotopic (exact) mass is 497 g/mol. The maximum Gasteiger partial charge on any atom is 0.410 e. The first-order valence-electron chi connectivity index (χ1n) is 12.7. The van der Waals surface area contributed by atoms with E-state index in [-0.39, 0.29) is 12.3 Å². The van der Waals surface area contributed by atoms with Crippen molar-refractivity contribution < 1.29 is 14.1 Å². The SMILES string of the molecule is Cc1onc(-c2ccccc2)c1C1NN=c2c3c(cn21)CC=C(C1=CCN(C(=O)OC(C)(C)C)CC1)C=3. The average molecular weight is 498 g/mol. The van der Waals surface area contributed by atoms with E-state index in [1.165, 1.54) is 16.7 Å². The fourth-order valence-electron chi connectivity index (χ4n) is 5.19. The van der Waals surface area contributed by atoms with Crippen LogP contribution in [0.5, 0.6) is 0 Å². The average Bonchev–Trinajstić information content (AvgIpc) is 3.56. The number of aryl methyl sites for hydroxylation is 1. The Labute approximate surface area is 215 Å². The van der Waals surface area contributed by atoms with Gasteiger partial charge in [0.1, 0.15) is 17.1 Å². The van der Waals surface area contributed by atoms with Crippen LogP contribution in [0, 0.1) is 6.92 Å². The van der Waals surface area contributed by atoms with E-state index in [0.29, 0.717) is 13.1 Å². The lowest BCUT2D eigenvalue weighted by Crippen LogP contribution is -2.39. The highest BCUT2D eigenvalue weighted by molar-refractivity contribution is 5.70. The van der Waals surface area contributed by atoms with Crippen LogP contribution in [0.3, 0.4) is 0 Å². The molecule has 0 spiro atoms. The van der Waals surface area contributed by atoms with Crippen LogP contribution < -0.4 is 16.1 Å². The molecule has 1 amide bonds. The predicted molar refractivity (Wildman–Crippen MR) is 140 cm³/mol. The van der Waals surface area contributed by atoms with Crippen LogP contribution >= 0.6 is 0 Å². The molecule has 1 N–H and O–H groups in total. The summed E-state index contributed by atoms with van der Waals surface area (Å²) in [5.41, 5.74) is 10.3. The van der Waals surface area contributed by atoms with Gasteiger partial charge >= 0.3 is 6.09 Å². The zero-order valence-corrected chi connectivity index (χ0v) is 21.6. The molecule has 190 valence electrons. The fourth-order valence-corrected chi connectivity index (χ4v) is 5.19. The summed E-state index contributed by atoms with van der Waals surface area (Å²) < 4.78 is 13.3. The molecule has 0 fully saturated rings. The summed E-state index contributed by atoms with van der Waals surface area (Å²) in [5, 5.41) is 10.2. The van der Waals surface area contributed by atoms with Crippen molar-refractivity contribution in [2.45, 2.75) is 52.3 Å². The van der Waals surface area contributed by atoms with E-state index >= 15 is 0 Å². The molecule has 4 heterocycles. The lowest BCUT2D eigenvalue weighted by atomic mass is 9.93. The van der Waals surface area contributed by atoms with Crippen LogP contribution in [0.2, 0.25) is 0 Å². The smallest absolute Gasteiger partial charge is 0.410 e. The molecular formula is C29H31N5O3. The summed E-state index contributed by atoms with van der Waals surface area (Å²) in [7, 11) is 0. The third kappa shape index (κ3) is 4.26. The first-order valence-corrected chi connectivity index (χ1v) is 12.7. The second-order valence-electron chi connectivity index (χ2n) is 10.7. The number of hydrogen-bond acceptors (Lipinski definition) is 6. The fraction of sp³-hybridized carbons (Fsp3) is 0.345. The Morgan fingerprint density at radius 1 is 1.19 bits per heavy atom. The molecule has 2 aliphatic heterocycles. The number of aromatic nitrogens is 2. The largest absolute Gasteiger partial charge is 0.444 e. The quantitative estimate of drug-likeness (QED) is 0.592. The number of benzene rings is 1. The minimum Gasteiger partial charge on any atom is -0.444 e. The highest BCUT2D eigenvalue weighted by atomic mass is 16.6. The molecule has 0 radical (unpaired) electrons. The number of amides is 1. The molecule has 3 aliphatic rings. The van der Waals surface area contributed by atoms with Crippen molar-refractivity contribution in [2.75, 3.05) is 13.1 Å². The molecule has 3 aromatic rings. The first kappa shape index (κ1) is 23.3. The maximum absolute atomic E-state index is 12.4. The molecule has 8 nitrogen and oxygen atoms in total. The van der Waals surface area contributed by atoms with Crippen LogP contribution in [0.4, 0.5) is 4.79 Å². The van der Waals surface area contributed by atoms with Crippen molar-refractivity contribution in [3.8, 4) is 11.3 Å². The molecule has 1 atom stereocenters. The van der Waals surface area contributed by atoms with Gasteiger partial charge in [-0.2, -0.15) is 5.10 Å². The molecule has 8 heteroatoms. The molecule has 1 aromatic carbocycles. The zero-order chi connectivity index (χ0) is 25.7. The van der Waals surface area contributed by atoms with Crippen molar-refractivity contribution in [1.29, 1.82) is 0 Å². The van der Waals surface area contributed by atoms with Gasteiger partial charge < -0.3 is 18.7 Å². The number of carbonyl (C=O) groups is 1. The third-order valence-electron chi connectivity index (χ3n) is 7.00. The minimum atomic E-state index is -0.491. The van der Waals surface area contributed by atoms with Gasteiger partial charge in [0.05, 0.1) is 5.56 Å². The summed E-state index contributed by atoms with van der Waals surface area (Å²) in [6.45, 7) is 8.82. The lowest BCUT2D eigenvalue weighted by molar-refractivity contribution is 0.0266. The number of rotatable bonds is 3. The predicted octanol–water partition coefficient (Wildman–Crippen LogP) is 3.97. The van der Waals surface area contributed by atoms with E-state index in [4.69, 9.17) is 14.4 Å². The van der Waals surface area contributed by atoms with E-state index in [1.807, 2.05) is 58.0 Å². The summed E-state index contributed by atoms with van der Waals surface area (Å²) >= 11 is 0. The number of allylic oxidation sites excluding steroid dienone is 2. The van der Waals surface area contributed by atoms with Gasteiger partial charge in [-0.3, -0.25) is 5.43 Å². The Morgan fingerprint density at radius 2 is 2.00 bits per heavy atom. The molecule has 1 unspecified atom stereocenters. The van der Waals surface area contributed by atoms with Crippen molar-refractivity contribution in [3.05, 3.63) is 87.4 Å². The van der Waals surface area contributed by atoms with E-state index in [2.05, 4.69) is 39.6 Å². The number of ether oxygens (including phenoxy) is 1. The maximum atomic E-state index is 12.4. The normalized spacial score (nSPS) is 18.6. The van der Waals surface area contributed by atoms with Crippen LogP contribution in [0.15, 0.2) is 69.5 Å². The molecule has 6 rings (SSSR count). The summed E-state index contributed by atoms with van der Waals surface area (Å²) in [6, 6.07) is 10.1. The second kappa shape index (κ2) is 8.80. The van der Waals surface area contributed by atoms with Gasteiger partial charge in [0, 0.05) is 30.1 Å². The van der Waals surface area contributed by atoms with E-state index < -0.39 is 5.60 Å². The Bertz CT molecular complexity index is 1550. The van der Waals surface area contributed by atoms with Gasteiger partial charge in [-0.15, -0.1) is 0 Å². The minimum absolute atomic E-state index is 0.185. The molecule has 0 bridgehead atoms. The third-order valence-corrected chi connectivity index (χ3v) is 7.00. The van der Waals surface area contributed by atoms with Crippen LogP contribution in [0.25, 0.3) is 17.3 Å². The van der Waals surface area contributed by atoms with Gasteiger partial charge in [-0.25, -0.2) is 4.79 Å². The summed E-state index contributed by atoms with van der Waals surface area (Å²) in [6.07, 6.45) is 10.0. The Hall–Kier alpha value is -4.07. The van der Waals surface area contributed by atoms with Crippen molar-refractivity contribution in [2.24, 2.45) is 5.10 Å². The number of nitrogens with one attached hydrogen (secondary N) is 1. The van der Waals surface area contributed by atoms with Crippen molar-refractivity contribution in [3.63, 3.8) is 0 Å². The Morgan fingerprint density at radius 3 is 2.73 bits per heavy atom. The molecular weight excluding hydrogens is 466 g/mol. The van der Waals surface area contributed by atoms with Crippen LogP contribution in [-0.4, -0.2) is 39.4 Å². The van der Waals surface area contributed by atoms with E-state index in [9.17, 15) is 4.79 Å². The van der Waals surface area contributed by atoms with Gasteiger partial charge in [0.2, 0.25) is 0 Å². The number of nitrogens with zero attached hydrogens (tertiary/aromatic N) is 4. The Balaban J connectivity index is 1.27. The van der Waals surface area contributed by atoms with E-state index in [1.54, 1.807) is 4.90 Å². The highest BCUT2D eigenvalue weighted by Crippen LogP contribution is 2.32. The van der Waals surface area contributed by atoms with Crippen LogP contribution in [-0.2, 0) is 11.2 Å². The summed E-state index contributed by atoms with van der Waals surface area (Å²) in [4.78, 5) is 14.2. The molecule has 37 heavy (non-hydrogen) atoms. The van der Waals surface area contributed by atoms with Gasteiger partial charge in [0.15, 0.2) is 11.7 Å². The number of hydrogen-bond donors (Lipinski definition) is 1. The zero-order valence-electron chi connectivity index (χ0n) is 21.6. The van der Waals surface area contributed by atoms with Gasteiger partial charge in [-0.05, 0) is 63.3 Å². The summed E-state index contributed by atoms with van der Waals surface area (Å²) in [5.74, 6) is 0.774. The second-order valence-corrected chi connectivity index (χ2v) is 10.7. The Kier molecular flexibility index (Phi) is 5.55. The topological polar surface area (TPSA) is 84.9 Å². The highest BCUT2D eigenvalue weighted by Gasteiger charge is 2.30. The molecule has 0 saturated carbocycles.